The van der Waals surface area contributed by atoms with Crippen LogP contribution in [0.4, 0.5) is 14.5 Å². The average molecular weight is 271 g/mol. The molecule has 6 nitrogen and oxygen atoms in total. The van der Waals surface area contributed by atoms with Crippen LogP contribution in [0, 0.1) is 0 Å². The Morgan fingerprint density at radius 2 is 2.32 bits per heavy atom. The van der Waals surface area contributed by atoms with Gasteiger partial charge in [-0.05, 0) is 12.1 Å². The summed E-state index contributed by atoms with van der Waals surface area (Å²) in [5, 5.41) is 3.07. The summed E-state index contributed by atoms with van der Waals surface area (Å²) < 4.78 is 25.1. The predicted molar refractivity (Wildman–Crippen MR) is 66.8 cm³/mol. The molecule has 0 aliphatic rings. The average Bonchev–Trinajstić information content (AvgIpc) is 2.36. The van der Waals surface area contributed by atoms with Crippen LogP contribution in [0.25, 0.3) is 0 Å². The van der Waals surface area contributed by atoms with Crippen LogP contribution in [0.15, 0.2) is 36.4 Å². The van der Waals surface area contributed by atoms with Gasteiger partial charge in [0.1, 0.15) is 5.70 Å². The minimum absolute atomic E-state index is 0.282. The number of halogens is 2. The standard InChI is InChI=1S/C11H15F2N5O/c1-11(12,13)7-17-10(19)9(14)6-18(15)8-3-2-4-16-5-8/h2-6H,7,14-15H2,1H3,(H,17,19)/b9-6-. The van der Waals surface area contributed by atoms with E-state index in [9.17, 15) is 13.6 Å². The van der Waals surface area contributed by atoms with E-state index < -0.39 is 18.4 Å². The van der Waals surface area contributed by atoms with Gasteiger partial charge in [0.2, 0.25) is 0 Å². The number of carbonyl (C=O) groups excluding carboxylic acids is 1. The molecular formula is C11H15F2N5O. The molecule has 104 valence electrons. The summed E-state index contributed by atoms with van der Waals surface area (Å²) in [4.78, 5) is 15.3. The van der Waals surface area contributed by atoms with Crippen molar-refractivity contribution in [1.82, 2.24) is 10.3 Å². The number of hydrazine groups is 1. The largest absolute Gasteiger partial charge is 0.393 e. The first-order valence-corrected chi connectivity index (χ1v) is 5.37. The molecule has 0 aliphatic carbocycles. The lowest BCUT2D eigenvalue weighted by molar-refractivity contribution is -0.119. The SMILES string of the molecule is CC(F)(F)CNC(=O)/C(N)=C/N(N)c1cccnc1. The number of anilines is 1. The smallest absolute Gasteiger partial charge is 0.268 e. The Hall–Kier alpha value is -2.22. The molecule has 1 aromatic heterocycles. The molecule has 0 aliphatic heterocycles. The van der Waals surface area contributed by atoms with Crippen molar-refractivity contribution in [3.05, 3.63) is 36.4 Å². The number of nitrogens with one attached hydrogen (secondary N) is 1. The molecule has 0 saturated carbocycles. The molecule has 19 heavy (non-hydrogen) atoms. The summed E-state index contributed by atoms with van der Waals surface area (Å²) in [6.07, 6.45) is 4.14. The summed E-state index contributed by atoms with van der Waals surface area (Å²) in [6.45, 7) is -0.101. The molecular weight excluding hydrogens is 256 g/mol. The van der Waals surface area contributed by atoms with Gasteiger partial charge in [-0.2, -0.15) is 0 Å². The summed E-state index contributed by atoms with van der Waals surface area (Å²) in [5.74, 6) is 1.81. The molecule has 0 unspecified atom stereocenters. The van der Waals surface area contributed by atoms with E-state index in [-0.39, 0.29) is 5.70 Å². The minimum Gasteiger partial charge on any atom is -0.393 e. The van der Waals surface area contributed by atoms with E-state index >= 15 is 0 Å². The van der Waals surface area contributed by atoms with Crippen molar-refractivity contribution in [2.45, 2.75) is 12.8 Å². The van der Waals surface area contributed by atoms with Crippen LogP contribution in [0.2, 0.25) is 0 Å². The molecule has 0 atom stereocenters. The van der Waals surface area contributed by atoms with Gasteiger partial charge in [0.25, 0.3) is 11.8 Å². The number of hydrogen-bond donors (Lipinski definition) is 3. The normalized spacial score (nSPS) is 12.1. The fourth-order valence-corrected chi connectivity index (χ4v) is 1.13. The number of aromatic nitrogens is 1. The van der Waals surface area contributed by atoms with Crippen molar-refractivity contribution in [1.29, 1.82) is 0 Å². The first kappa shape index (κ1) is 14.8. The lowest BCUT2D eigenvalue weighted by Gasteiger charge is -2.15. The van der Waals surface area contributed by atoms with E-state index in [1.807, 2.05) is 5.32 Å². The number of amides is 1. The Morgan fingerprint density at radius 3 is 2.84 bits per heavy atom. The zero-order valence-electron chi connectivity index (χ0n) is 10.3. The van der Waals surface area contributed by atoms with E-state index in [4.69, 9.17) is 11.6 Å². The summed E-state index contributed by atoms with van der Waals surface area (Å²) >= 11 is 0. The van der Waals surface area contributed by atoms with Crippen molar-refractivity contribution in [2.24, 2.45) is 11.6 Å². The molecule has 0 radical (unpaired) electrons. The van der Waals surface area contributed by atoms with Crippen LogP contribution in [0.5, 0.6) is 0 Å². The predicted octanol–water partition coefficient (Wildman–Crippen LogP) is 0.333. The molecule has 1 aromatic rings. The van der Waals surface area contributed by atoms with E-state index in [2.05, 4.69) is 4.98 Å². The number of nitrogens with two attached hydrogens (primary N) is 2. The summed E-state index contributed by atoms with van der Waals surface area (Å²) in [7, 11) is 0. The van der Waals surface area contributed by atoms with Crippen molar-refractivity contribution < 1.29 is 13.6 Å². The van der Waals surface area contributed by atoms with Crippen molar-refractivity contribution in [2.75, 3.05) is 11.6 Å². The molecule has 0 fully saturated rings. The van der Waals surface area contributed by atoms with Crippen LogP contribution in [0.1, 0.15) is 6.92 Å². The maximum Gasteiger partial charge on any atom is 0.268 e. The van der Waals surface area contributed by atoms with Crippen LogP contribution in [-0.2, 0) is 4.79 Å². The third kappa shape index (κ3) is 5.30. The van der Waals surface area contributed by atoms with Crippen molar-refractivity contribution >= 4 is 11.6 Å². The zero-order chi connectivity index (χ0) is 14.5. The second-order valence-corrected chi connectivity index (χ2v) is 3.96. The number of alkyl halides is 2. The Labute approximate surface area is 109 Å². The summed E-state index contributed by atoms with van der Waals surface area (Å²) in [6, 6.07) is 3.30. The second kappa shape index (κ2) is 6.10. The highest BCUT2D eigenvalue weighted by molar-refractivity contribution is 5.92. The number of carbonyl (C=O) groups is 1. The third-order valence-corrected chi connectivity index (χ3v) is 2.04. The van der Waals surface area contributed by atoms with Gasteiger partial charge in [-0.3, -0.25) is 14.8 Å². The zero-order valence-corrected chi connectivity index (χ0v) is 10.3. The number of pyridine rings is 1. The molecule has 1 amide bonds. The Kier molecular flexibility index (Phi) is 4.76. The highest BCUT2D eigenvalue weighted by Gasteiger charge is 2.22. The van der Waals surface area contributed by atoms with Gasteiger partial charge in [0.15, 0.2) is 0 Å². The van der Waals surface area contributed by atoms with Gasteiger partial charge in [0.05, 0.1) is 24.6 Å². The van der Waals surface area contributed by atoms with Crippen LogP contribution in [-0.4, -0.2) is 23.4 Å². The van der Waals surface area contributed by atoms with Gasteiger partial charge in [-0.25, -0.2) is 14.6 Å². The van der Waals surface area contributed by atoms with E-state index in [0.717, 1.165) is 11.2 Å². The first-order chi connectivity index (χ1) is 8.79. The molecule has 1 heterocycles. The van der Waals surface area contributed by atoms with Gasteiger partial charge in [-0.1, -0.05) is 0 Å². The second-order valence-electron chi connectivity index (χ2n) is 3.96. The molecule has 5 N–H and O–H groups in total. The Morgan fingerprint density at radius 1 is 1.63 bits per heavy atom. The van der Waals surface area contributed by atoms with E-state index in [1.165, 1.54) is 6.20 Å². The Balaban J connectivity index is 2.64. The minimum atomic E-state index is -3.00. The van der Waals surface area contributed by atoms with E-state index in [1.54, 1.807) is 18.3 Å². The highest BCUT2D eigenvalue weighted by Crippen LogP contribution is 2.10. The van der Waals surface area contributed by atoms with Gasteiger partial charge in [-0.15, -0.1) is 0 Å². The van der Waals surface area contributed by atoms with Crippen LogP contribution >= 0.6 is 0 Å². The molecule has 8 heteroatoms. The lowest BCUT2D eigenvalue weighted by Crippen LogP contribution is -2.38. The fourth-order valence-electron chi connectivity index (χ4n) is 1.13. The molecule has 0 bridgehead atoms. The summed E-state index contributed by atoms with van der Waals surface area (Å²) in [5.41, 5.74) is 5.66. The third-order valence-electron chi connectivity index (χ3n) is 2.04. The molecule has 0 aromatic carbocycles. The van der Waals surface area contributed by atoms with Gasteiger partial charge < -0.3 is 11.1 Å². The first-order valence-electron chi connectivity index (χ1n) is 5.37. The maximum absolute atomic E-state index is 12.6. The molecule has 0 spiro atoms. The highest BCUT2D eigenvalue weighted by atomic mass is 19.3. The monoisotopic (exact) mass is 271 g/mol. The maximum atomic E-state index is 12.6. The number of nitrogens with zero attached hydrogens (tertiary/aromatic N) is 2. The van der Waals surface area contributed by atoms with Gasteiger partial charge in [0, 0.05) is 13.1 Å². The topological polar surface area (TPSA) is 97.3 Å². The Bertz CT molecular complexity index is 458. The van der Waals surface area contributed by atoms with Gasteiger partial charge >= 0.3 is 0 Å². The van der Waals surface area contributed by atoms with Crippen LogP contribution in [0.3, 0.4) is 0 Å². The van der Waals surface area contributed by atoms with E-state index in [0.29, 0.717) is 12.6 Å². The number of hydrogen-bond acceptors (Lipinski definition) is 5. The fraction of sp³-hybridized carbons (Fsp3) is 0.273. The molecule has 0 saturated heterocycles. The lowest BCUT2D eigenvalue weighted by atomic mass is 10.3. The van der Waals surface area contributed by atoms with Crippen molar-refractivity contribution in [3.8, 4) is 0 Å². The number of rotatable bonds is 5. The van der Waals surface area contributed by atoms with Crippen LogP contribution < -0.4 is 21.9 Å². The van der Waals surface area contributed by atoms with Crippen molar-refractivity contribution in [3.63, 3.8) is 0 Å². The molecule has 1 rings (SSSR count). The quantitative estimate of drug-likeness (QED) is 0.407.